The smallest absolute Gasteiger partial charge is 0.0463 e. The summed E-state index contributed by atoms with van der Waals surface area (Å²) in [5.41, 5.74) is 13.0. The van der Waals surface area contributed by atoms with Crippen molar-refractivity contribution in [3.63, 3.8) is 0 Å². The second-order valence-corrected chi connectivity index (χ2v) is 13.9. The molecule has 0 unspecified atom stereocenters. The van der Waals surface area contributed by atoms with Gasteiger partial charge in [0, 0.05) is 68.2 Å². The van der Waals surface area contributed by atoms with Crippen LogP contribution in [0, 0.1) is 0 Å². The van der Waals surface area contributed by atoms with Gasteiger partial charge >= 0.3 is 0 Å². The topological polar surface area (TPSA) is 13.0 Å². The third kappa shape index (κ3) is 15.1. The number of hydrogen-bond donors (Lipinski definition) is 0. The van der Waals surface area contributed by atoms with Crippen LogP contribution in [0.15, 0.2) is 255 Å². The first kappa shape index (κ1) is 56.5. The van der Waals surface area contributed by atoms with E-state index >= 15 is 0 Å². The SMILES string of the molecule is CC.CC.CC.CC.CC.CC.c1ccc(N(c2ccccc2)c2ccc(N(c3ccc(N(c4ccccc4)c4ccccc4)cc3)c3ccc(N(c4ccccc4)c4ccccc4)cc3)cc2)cc1. The molecule has 0 radical (unpaired) electrons. The van der Waals surface area contributed by atoms with Gasteiger partial charge in [-0.2, -0.15) is 0 Å². The molecule has 4 heteroatoms. The Kier molecular flexibility index (Phi) is 26.5. The summed E-state index contributed by atoms with van der Waals surface area (Å²) in [6.45, 7) is 24.0. The summed E-state index contributed by atoms with van der Waals surface area (Å²) in [6.07, 6.45) is 0. The van der Waals surface area contributed by atoms with Crippen LogP contribution in [-0.4, -0.2) is 0 Å². The summed E-state index contributed by atoms with van der Waals surface area (Å²) in [6, 6.07) is 89.8. The minimum Gasteiger partial charge on any atom is -0.311 e. The molecule has 0 heterocycles. The standard InChI is InChI=1S/C54H42N4.6C2H6/c1-7-19-43(20-8-1)55(44-21-9-2-10-22-44)49-31-37-52(38-32-49)58(53-39-33-50(34-40-53)56(45-23-11-3-12-24-45)46-25-13-4-14-26-46)54-41-35-51(36-42-54)57(47-27-15-5-16-28-47)48-29-17-6-18-30-48;6*1-2/h1-42H;6*1-2H3. The number of anilines is 12. The first-order valence-corrected chi connectivity index (χ1v) is 25.6. The average molecular weight is 927 g/mol. The summed E-state index contributed by atoms with van der Waals surface area (Å²) in [4.78, 5) is 9.21. The maximum absolute atomic E-state index is 2.33. The van der Waals surface area contributed by atoms with Crippen molar-refractivity contribution in [2.24, 2.45) is 0 Å². The van der Waals surface area contributed by atoms with Crippen LogP contribution in [0.25, 0.3) is 0 Å². The summed E-state index contributed by atoms with van der Waals surface area (Å²) < 4.78 is 0. The Balaban J connectivity index is 0.00000101. The van der Waals surface area contributed by atoms with Gasteiger partial charge in [-0.05, 0) is 146 Å². The lowest BCUT2D eigenvalue weighted by atomic mass is 10.1. The van der Waals surface area contributed by atoms with Gasteiger partial charge in [-0.25, -0.2) is 0 Å². The Hall–Kier alpha value is -7.82. The predicted octanol–water partition coefficient (Wildman–Crippen LogP) is 21.7. The van der Waals surface area contributed by atoms with Gasteiger partial charge < -0.3 is 19.6 Å². The van der Waals surface area contributed by atoms with Crippen LogP contribution in [0.1, 0.15) is 83.1 Å². The van der Waals surface area contributed by atoms with Crippen molar-refractivity contribution >= 4 is 68.2 Å². The first-order chi connectivity index (χ1) is 34.8. The van der Waals surface area contributed by atoms with Gasteiger partial charge in [0.25, 0.3) is 0 Å². The molecule has 9 rings (SSSR count). The monoisotopic (exact) mass is 927 g/mol. The highest BCUT2D eigenvalue weighted by molar-refractivity contribution is 5.85. The largest absolute Gasteiger partial charge is 0.311 e. The van der Waals surface area contributed by atoms with E-state index in [1.807, 2.05) is 83.1 Å². The van der Waals surface area contributed by atoms with Crippen molar-refractivity contribution in [2.75, 3.05) is 19.6 Å². The molecule has 0 N–H and O–H groups in total. The molecular weight excluding hydrogens is 849 g/mol. The van der Waals surface area contributed by atoms with E-state index in [-0.39, 0.29) is 0 Å². The van der Waals surface area contributed by atoms with E-state index in [9.17, 15) is 0 Å². The predicted molar refractivity (Wildman–Crippen MR) is 313 cm³/mol. The minimum absolute atomic E-state index is 1.05. The van der Waals surface area contributed by atoms with Gasteiger partial charge in [0.05, 0.1) is 0 Å². The fraction of sp³-hybridized carbons (Fsp3) is 0.182. The van der Waals surface area contributed by atoms with E-state index in [4.69, 9.17) is 0 Å². The molecule has 0 amide bonds. The van der Waals surface area contributed by atoms with E-state index < -0.39 is 0 Å². The zero-order valence-corrected chi connectivity index (χ0v) is 44.0. The fourth-order valence-corrected chi connectivity index (χ4v) is 7.50. The molecule has 9 aromatic rings. The highest BCUT2D eigenvalue weighted by Crippen LogP contribution is 2.42. The molecule has 0 aliphatic rings. The Morgan fingerprint density at radius 2 is 0.214 bits per heavy atom. The fourth-order valence-electron chi connectivity index (χ4n) is 7.50. The third-order valence-corrected chi connectivity index (χ3v) is 10.2. The second kappa shape index (κ2) is 32.8. The number of para-hydroxylation sites is 6. The lowest BCUT2D eigenvalue weighted by Crippen LogP contribution is -2.13. The normalized spacial score (nSPS) is 9.43. The molecule has 0 fully saturated rings. The van der Waals surface area contributed by atoms with Gasteiger partial charge in [0.15, 0.2) is 0 Å². The Morgan fingerprint density at radius 1 is 0.129 bits per heavy atom. The van der Waals surface area contributed by atoms with Gasteiger partial charge in [-0.1, -0.05) is 192 Å². The van der Waals surface area contributed by atoms with Crippen LogP contribution >= 0.6 is 0 Å². The molecule has 0 atom stereocenters. The molecule has 0 bridgehead atoms. The van der Waals surface area contributed by atoms with Crippen molar-refractivity contribution in [3.8, 4) is 0 Å². The molecule has 0 aliphatic heterocycles. The summed E-state index contributed by atoms with van der Waals surface area (Å²) in [5, 5.41) is 0. The van der Waals surface area contributed by atoms with Crippen molar-refractivity contribution in [1.82, 2.24) is 0 Å². The Bertz CT molecular complexity index is 2200. The minimum atomic E-state index is 1.05. The Morgan fingerprint density at radius 3 is 0.314 bits per heavy atom. The summed E-state index contributed by atoms with van der Waals surface area (Å²) in [5.74, 6) is 0. The quantitative estimate of drug-likeness (QED) is 0.121. The number of rotatable bonds is 12. The summed E-state index contributed by atoms with van der Waals surface area (Å²) >= 11 is 0. The summed E-state index contributed by atoms with van der Waals surface area (Å²) in [7, 11) is 0. The maximum Gasteiger partial charge on any atom is 0.0463 e. The second-order valence-electron chi connectivity index (χ2n) is 13.9. The van der Waals surface area contributed by atoms with Gasteiger partial charge in [-0.3, -0.25) is 0 Å². The van der Waals surface area contributed by atoms with Crippen molar-refractivity contribution in [1.29, 1.82) is 0 Å². The molecule has 70 heavy (non-hydrogen) atoms. The van der Waals surface area contributed by atoms with Crippen LogP contribution in [0.4, 0.5) is 68.2 Å². The maximum atomic E-state index is 2.33. The molecule has 4 nitrogen and oxygen atoms in total. The lowest BCUT2D eigenvalue weighted by molar-refractivity contribution is 1.24. The Labute approximate surface area is 423 Å². The van der Waals surface area contributed by atoms with E-state index in [0.29, 0.717) is 0 Å². The highest BCUT2D eigenvalue weighted by atomic mass is 15.2. The zero-order chi connectivity index (χ0) is 50.9. The molecule has 0 saturated heterocycles. The van der Waals surface area contributed by atoms with Gasteiger partial charge in [0.2, 0.25) is 0 Å². The first-order valence-electron chi connectivity index (χ1n) is 25.6. The molecule has 9 aromatic carbocycles. The van der Waals surface area contributed by atoms with E-state index in [2.05, 4.69) is 274 Å². The van der Waals surface area contributed by atoms with Crippen LogP contribution in [0.5, 0.6) is 0 Å². The number of benzene rings is 9. The highest BCUT2D eigenvalue weighted by Gasteiger charge is 2.19. The molecule has 0 saturated carbocycles. The third-order valence-electron chi connectivity index (χ3n) is 10.2. The molecule has 0 spiro atoms. The van der Waals surface area contributed by atoms with Crippen LogP contribution in [0.2, 0.25) is 0 Å². The lowest BCUT2D eigenvalue weighted by Gasteiger charge is -2.30. The van der Waals surface area contributed by atoms with Gasteiger partial charge in [0.1, 0.15) is 0 Å². The molecule has 0 aromatic heterocycles. The van der Waals surface area contributed by atoms with Gasteiger partial charge in [-0.15, -0.1) is 0 Å². The number of hydrogen-bond acceptors (Lipinski definition) is 4. The van der Waals surface area contributed by atoms with Crippen molar-refractivity contribution < 1.29 is 0 Å². The van der Waals surface area contributed by atoms with E-state index in [0.717, 1.165) is 68.2 Å². The molecule has 0 aliphatic carbocycles. The van der Waals surface area contributed by atoms with Crippen LogP contribution in [-0.2, 0) is 0 Å². The average Bonchev–Trinajstić information content (AvgIpc) is 3.47. The van der Waals surface area contributed by atoms with E-state index in [1.165, 1.54) is 0 Å². The molecular formula is C66H78N4. The van der Waals surface area contributed by atoms with Crippen molar-refractivity contribution in [3.05, 3.63) is 255 Å². The zero-order valence-electron chi connectivity index (χ0n) is 44.0. The molecule has 362 valence electrons. The van der Waals surface area contributed by atoms with E-state index in [1.54, 1.807) is 0 Å². The van der Waals surface area contributed by atoms with Crippen molar-refractivity contribution in [2.45, 2.75) is 83.1 Å². The van der Waals surface area contributed by atoms with Crippen LogP contribution < -0.4 is 19.6 Å². The van der Waals surface area contributed by atoms with Crippen LogP contribution in [0.3, 0.4) is 0 Å². The number of nitrogens with zero attached hydrogens (tertiary/aromatic N) is 4.